The predicted molar refractivity (Wildman–Crippen MR) is 119 cm³/mol. The van der Waals surface area contributed by atoms with Crippen LogP contribution in [-0.4, -0.2) is 40.3 Å². The van der Waals surface area contributed by atoms with Crippen LogP contribution in [0, 0.1) is 46.3 Å². The molecule has 3 saturated carbocycles. The van der Waals surface area contributed by atoms with E-state index < -0.39 is 22.4 Å². The molecule has 5 nitrogen and oxygen atoms in total. The smallest absolute Gasteiger partial charge is 0.172 e. The van der Waals surface area contributed by atoms with Crippen molar-refractivity contribution < 1.29 is 24.5 Å². The van der Waals surface area contributed by atoms with Crippen LogP contribution in [0.3, 0.4) is 0 Å². The SMILES string of the molecule is CC1CC[C@@]2(OC1)O[C@H]1C[C@H]3[C@@H]4CCC5CCCC(O)(O)[C@]5(C)C4=CC(=O)[C@]3(C)[C@H]1[C@@H]2C. The third-order valence-electron chi connectivity index (χ3n) is 11.4. The molecule has 1 spiro atoms. The molecular formula is C27H40O5. The Balaban J connectivity index is 1.38. The minimum Gasteiger partial charge on any atom is -0.365 e. The van der Waals surface area contributed by atoms with Crippen molar-refractivity contribution in [2.24, 2.45) is 46.3 Å². The van der Waals surface area contributed by atoms with Gasteiger partial charge in [-0.2, -0.15) is 0 Å². The Morgan fingerprint density at radius 2 is 1.84 bits per heavy atom. The van der Waals surface area contributed by atoms with Crippen LogP contribution in [0.2, 0.25) is 0 Å². The Morgan fingerprint density at radius 3 is 2.56 bits per heavy atom. The van der Waals surface area contributed by atoms with Gasteiger partial charge in [0.2, 0.25) is 0 Å². The van der Waals surface area contributed by atoms with E-state index in [1.54, 1.807) is 0 Å². The molecule has 2 N–H and O–H groups in total. The first kappa shape index (κ1) is 21.8. The molecule has 2 aliphatic heterocycles. The Kier molecular flexibility index (Phi) is 4.54. The summed E-state index contributed by atoms with van der Waals surface area (Å²) < 4.78 is 13.1. The quantitative estimate of drug-likeness (QED) is 0.548. The zero-order valence-corrected chi connectivity index (χ0v) is 20.1. The summed E-state index contributed by atoms with van der Waals surface area (Å²) in [6.07, 6.45) is 9.13. The van der Waals surface area contributed by atoms with Gasteiger partial charge >= 0.3 is 0 Å². The molecule has 6 aliphatic rings. The van der Waals surface area contributed by atoms with E-state index in [0.29, 0.717) is 12.3 Å². The molecule has 0 amide bonds. The van der Waals surface area contributed by atoms with Crippen molar-refractivity contribution in [3.63, 3.8) is 0 Å². The largest absolute Gasteiger partial charge is 0.365 e. The summed E-state index contributed by atoms with van der Waals surface area (Å²) in [6, 6.07) is 0. The number of aliphatic hydroxyl groups is 2. The lowest BCUT2D eigenvalue weighted by atomic mass is 9.46. The maximum absolute atomic E-state index is 14.0. The molecule has 0 aromatic heterocycles. The third-order valence-corrected chi connectivity index (χ3v) is 11.4. The molecule has 0 aromatic rings. The first-order valence-corrected chi connectivity index (χ1v) is 13.1. The van der Waals surface area contributed by atoms with Crippen molar-refractivity contribution >= 4 is 5.78 Å². The summed E-state index contributed by atoms with van der Waals surface area (Å²) in [7, 11) is 0. The van der Waals surface area contributed by atoms with E-state index in [1.165, 1.54) is 0 Å². The minimum absolute atomic E-state index is 0.0509. The highest BCUT2D eigenvalue weighted by molar-refractivity contribution is 5.97. The molecule has 0 bridgehead atoms. The Morgan fingerprint density at radius 1 is 1.06 bits per heavy atom. The molecule has 2 saturated heterocycles. The molecule has 0 aromatic carbocycles. The summed E-state index contributed by atoms with van der Waals surface area (Å²) in [6.45, 7) is 9.41. The molecule has 0 radical (unpaired) electrons. The van der Waals surface area contributed by atoms with Crippen molar-refractivity contribution in [3.8, 4) is 0 Å². The van der Waals surface area contributed by atoms with Gasteiger partial charge in [-0.3, -0.25) is 4.79 Å². The first-order valence-electron chi connectivity index (χ1n) is 13.1. The Bertz CT molecular complexity index is 854. The lowest BCUT2D eigenvalue weighted by Crippen LogP contribution is -2.60. The lowest BCUT2D eigenvalue weighted by molar-refractivity contribution is -0.274. The number of hydrogen-bond acceptors (Lipinski definition) is 5. The average Bonchev–Trinajstić information content (AvgIpc) is 3.18. The van der Waals surface area contributed by atoms with Crippen LogP contribution in [0.1, 0.15) is 79.1 Å². The molecule has 32 heavy (non-hydrogen) atoms. The zero-order chi connectivity index (χ0) is 22.7. The molecule has 6 rings (SSSR count). The van der Waals surface area contributed by atoms with Gasteiger partial charge < -0.3 is 19.7 Å². The van der Waals surface area contributed by atoms with Gasteiger partial charge in [-0.15, -0.1) is 0 Å². The number of allylic oxidation sites excluding steroid dienone is 1. The highest BCUT2D eigenvalue weighted by atomic mass is 16.7. The van der Waals surface area contributed by atoms with Crippen molar-refractivity contribution in [1.82, 2.24) is 0 Å². The number of fused-ring (bicyclic) bond motifs is 7. The van der Waals surface area contributed by atoms with E-state index in [1.807, 2.05) is 13.0 Å². The van der Waals surface area contributed by atoms with Crippen LogP contribution < -0.4 is 0 Å². The van der Waals surface area contributed by atoms with Crippen molar-refractivity contribution in [3.05, 3.63) is 11.6 Å². The molecule has 2 heterocycles. The number of carbonyl (C=O) groups is 1. The summed E-state index contributed by atoms with van der Waals surface area (Å²) in [4.78, 5) is 14.0. The summed E-state index contributed by atoms with van der Waals surface area (Å²) in [5.74, 6) is -0.485. The molecule has 10 atom stereocenters. The number of hydrogen-bond donors (Lipinski definition) is 2. The number of ketones is 1. The number of ether oxygens (including phenoxy) is 2. The monoisotopic (exact) mass is 444 g/mol. The Labute approximate surface area is 191 Å². The van der Waals surface area contributed by atoms with E-state index >= 15 is 0 Å². The second-order valence-corrected chi connectivity index (χ2v) is 12.6. The summed E-state index contributed by atoms with van der Waals surface area (Å²) in [5, 5.41) is 22.2. The fourth-order valence-corrected chi connectivity index (χ4v) is 9.41. The number of rotatable bonds is 0. The van der Waals surface area contributed by atoms with Crippen LogP contribution in [-0.2, 0) is 14.3 Å². The molecule has 178 valence electrons. The van der Waals surface area contributed by atoms with Gasteiger partial charge in [-0.1, -0.05) is 33.3 Å². The lowest BCUT2D eigenvalue weighted by Gasteiger charge is -2.59. The molecule has 2 unspecified atom stereocenters. The fourth-order valence-electron chi connectivity index (χ4n) is 9.41. The predicted octanol–water partition coefficient (Wildman–Crippen LogP) is 4.21. The van der Waals surface area contributed by atoms with Crippen molar-refractivity contribution in [2.45, 2.75) is 96.7 Å². The van der Waals surface area contributed by atoms with E-state index in [-0.39, 0.29) is 41.5 Å². The summed E-state index contributed by atoms with van der Waals surface area (Å²) >= 11 is 0. The van der Waals surface area contributed by atoms with Crippen molar-refractivity contribution in [2.75, 3.05) is 6.61 Å². The molecule has 5 fully saturated rings. The van der Waals surface area contributed by atoms with Crippen LogP contribution in [0.15, 0.2) is 11.6 Å². The van der Waals surface area contributed by atoms with Crippen LogP contribution >= 0.6 is 0 Å². The molecule has 5 heteroatoms. The Hall–Kier alpha value is -0.750. The second kappa shape index (κ2) is 6.68. The maximum atomic E-state index is 14.0. The van der Waals surface area contributed by atoms with E-state index in [9.17, 15) is 15.0 Å². The van der Waals surface area contributed by atoms with Gasteiger partial charge in [0.25, 0.3) is 0 Å². The van der Waals surface area contributed by atoms with Gasteiger partial charge in [-0.05, 0) is 68.3 Å². The fraction of sp³-hybridized carbons (Fsp3) is 0.889. The minimum atomic E-state index is -1.73. The van der Waals surface area contributed by atoms with Gasteiger partial charge in [0, 0.05) is 35.5 Å². The first-order chi connectivity index (χ1) is 15.0. The highest BCUT2D eigenvalue weighted by Gasteiger charge is 2.71. The van der Waals surface area contributed by atoms with Crippen LogP contribution in [0.5, 0.6) is 0 Å². The van der Waals surface area contributed by atoms with Crippen molar-refractivity contribution in [1.29, 1.82) is 0 Å². The van der Waals surface area contributed by atoms with E-state index in [2.05, 4.69) is 20.8 Å². The van der Waals surface area contributed by atoms with E-state index in [4.69, 9.17) is 9.47 Å². The standard InChI is InChI=1S/C27H40O5/c1-15-9-11-26(31-14-15)16(2)23-21(32-26)12-19-18-8-7-17-6-5-10-27(29,30)25(17,4)20(18)13-22(28)24(19,23)3/h13,15-19,21,23,29-30H,5-12,14H2,1-4H3/t15?,16-,17?,18-,19-,21-,23-,24+,25-,26+/m0/s1. The van der Waals surface area contributed by atoms with Gasteiger partial charge in [-0.25, -0.2) is 0 Å². The second-order valence-electron chi connectivity index (χ2n) is 12.6. The average molecular weight is 445 g/mol. The topological polar surface area (TPSA) is 76.0 Å². The van der Waals surface area contributed by atoms with Crippen LogP contribution in [0.25, 0.3) is 0 Å². The summed E-state index contributed by atoms with van der Waals surface area (Å²) in [5.41, 5.74) is -0.158. The zero-order valence-electron chi connectivity index (χ0n) is 20.1. The van der Waals surface area contributed by atoms with Gasteiger partial charge in [0.1, 0.15) is 0 Å². The van der Waals surface area contributed by atoms with Crippen LogP contribution in [0.4, 0.5) is 0 Å². The highest BCUT2D eigenvalue weighted by Crippen LogP contribution is 2.69. The molecular weight excluding hydrogens is 404 g/mol. The number of carbonyl (C=O) groups excluding carboxylic acids is 1. The third kappa shape index (κ3) is 2.47. The van der Waals surface area contributed by atoms with E-state index in [0.717, 1.165) is 57.1 Å². The van der Waals surface area contributed by atoms with Gasteiger partial charge in [0.05, 0.1) is 12.7 Å². The maximum Gasteiger partial charge on any atom is 0.172 e. The van der Waals surface area contributed by atoms with Gasteiger partial charge in [0.15, 0.2) is 17.4 Å². The molecule has 4 aliphatic carbocycles. The normalized spacial score (nSPS) is 56.2.